The number of aliphatic imine (C=N–C) groups is 1. The van der Waals surface area contributed by atoms with Gasteiger partial charge in [-0.3, -0.25) is 4.99 Å². The quantitative estimate of drug-likeness (QED) is 0.703. The molecule has 106 valence electrons. The monoisotopic (exact) mass is 268 g/mol. The van der Waals surface area contributed by atoms with Gasteiger partial charge in [0.2, 0.25) is 0 Å². The molecular formula is C18H24N2. The minimum Gasteiger partial charge on any atom is -0.352 e. The molecular weight excluding hydrogens is 244 g/mol. The van der Waals surface area contributed by atoms with Gasteiger partial charge >= 0.3 is 0 Å². The molecule has 0 atom stereocenters. The van der Waals surface area contributed by atoms with Gasteiger partial charge in [0.05, 0.1) is 5.69 Å². The van der Waals surface area contributed by atoms with E-state index in [1.54, 1.807) is 0 Å². The Hall–Kier alpha value is -1.83. The zero-order chi connectivity index (χ0) is 14.9. The number of aromatic nitrogens is 1. The molecule has 0 N–H and O–H groups in total. The van der Waals surface area contributed by atoms with E-state index in [0.717, 1.165) is 5.69 Å². The molecule has 0 saturated heterocycles. The van der Waals surface area contributed by atoms with Crippen LogP contribution in [0.1, 0.15) is 43.3 Å². The van der Waals surface area contributed by atoms with Crippen LogP contribution >= 0.6 is 0 Å². The molecule has 0 unspecified atom stereocenters. The molecule has 1 aromatic carbocycles. The van der Waals surface area contributed by atoms with Crippen LogP contribution in [0.4, 0.5) is 5.69 Å². The second-order valence-electron chi connectivity index (χ2n) is 6.44. The van der Waals surface area contributed by atoms with Crippen molar-refractivity contribution in [1.29, 1.82) is 0 Å². The summed E-state index contributed by atoms with van der Waals surface area (Å²) in [6.07, 6.45) is 1.95. The highest BCUT2D eigenvalue weighted by molar-refractivity contribution is 5.83. The normalized spacial score (nSPS) is 12.3. The molecule has 2 heteroatoms. The first-order chi connectivity index (χ1) is 9.29. The Morgan fingerprint density at radius 3 is 2.10 bits per heavy atom. The fourth-order valence-electron chi connectivity index (χ4n) is 2.21. The first kappa shape index (κ1) is 14.6. The van der Waals surface area contributed by atoms with Crippen molar-refractivity contribution in [2.24, 2.45) is 12.0 Å². The Bertz CT molecular complexity index is 623. The Labute approximate surface area is 122 Å². The zero-order valence-electron chi connectivity index (χ0n) is 13.4. The summed E-state index contributed by atoms with van der Waals surface area (Å²) in [6.45, 7) is 10.9. The molecule has 0 amide bonds. The summed E-state index contributed by atoms with van der Waals surface area (Å²) >= 11 is 0. The van der Waals surface area contributed by atoms with E-state index in [-0.39, 0.29) is 5.41 Å². The van der Waals surface area contributed by atoms with Crippen molar-refractivity contribution in [2.75, 3.05) is 0 Å². The van der Waals surface area contributed by atoms with Crippen LogP contribution in [-0.2, 0) is 12.5 Å². The van der Waals surface area contributed by atoms with Crippen molar-refractivity contribution in [3.63, 3.8) is 0 Å². The topological polar surface area (TPSA) is 17.3 Å². The largest absolute Gasteiger partial charge is 0.352 e. The number of hydrogen-bond acceptors (Lipinski definition) is 1. The van der Waals surface area contributed by atoms with E-state index >= 15 is 0 Å². The minimum atomic E-state index is 0.190. The lowest BCUT2D eigenvalue weighted by Crippen LogP contribution is -2.10. The average molecular weight is 268 g/mol. The standard InChI is InChI=1S/C18H24N2/c1-13-11-15(14(2)20(13)6)12-19-17-9-7-16(8-10-17)18(3,4)5/h7-12H,1-6H3. The Balaban J connectivity index is 2.21. The number of aryl methyl sites for hydroxylation is 1. The third-order valence-electron chi connectivity index (χ3n) is 3.90. The first-order valence-corrected chi connectivity index (χ1v) is 7.06. The van der Waals surface area contributed by atoms with Gasteiger partial charge < -0.3 is 4.57 Å². The maximum absolute atomic E-state index is 4.58. The van der Waals surface area contributed by atoms with Crippen molar-refractivity contribution >= 4 is 11.9 Å². The predicted molar refractivity (Wildman–Crippen MR) is 87.3 cm³/mol. The molecule has 0 aliphatic rings. The van der Waals surface area contributed by atoms with Crippen LogP contribution in [0.25, 0.3) is 0 Å². The van der Waals surface area contributed by atoms with E-state index in [4.69, 9.17) is 0 Å². The maximum Gasteiger partial charge on any atom is 0.0630 e. The van der Waals surface area contributed by atoms with E-state index < -0.39 is 0 Å². The smallest absolute Gasteiger partial charge is 0.0630 e. The molecule has 0 aliphatic carbocycles. The van der Waals surface area contributed by atoms with E-state index in [1.807, 2.05) is 6.21 Å². The van der Waals surface area contributed by atoms with Crippen molar-refractivity contribution in [3.05, 3.63) is 52.8 Å². The van der Waals surface area contributed by atoms with Crippen LogP contribution in [0.2, 0.25) is 0 Å². The van der Waals surface area contributed by atoms with E-state index in [1.165, 1.54) is 22.5 Å². The lowest BCUT2D eigenvalue weighted by Gasteiger charge is -2.18. The number of rotatable bonds is 2. The first-order valence-electron chi connectivity index (χ1n) is 7.06. The molecule has 2 aromatic rings. The second kappa shape index (κ2) is 5.28. The summed E-state index contributed by atoms with van der Waals surface area (Å²) in [7, 11) is 2.08. The summed E-state index contributed by atoms with van der Waals surface area (Å²) in [4.78, 5) is 4.58. The van der Waals surface area contributed by atoms with Gasteiger partial charge in [0, 0.05) is 30.2 Å². The molecule has 1 heterocycles. The third-order valence-corrected chi connectivity index (χ3v) is 3.90. The molecule has 1 aromatic heterocycles. The van der Waals surface area contributed by atoms with Crippen LogP contribution < -0.4 is 0 Å². The van der Waals surface area contributed by atoms with Crippen LogP contribution in [-0.4, -0.2) is 10.8 Å². The van der Waals surface area contributed by atoms with Gasteiger partial charge in [-0.2, -0.15) is 0 Å². The van der Waals surface area contributed by atoms with Gasteiger partial charge in [0.1, 0.15) is 0 Å². The average Bonchev–Trinajstić information content (AvgIpc) is 2.63. The van der Waals surface area contributed by atoms with Crippen molar-refractivity contribution in [3.8, 4) is 0 Å². The van der Waals surface area contributed by atoms with Gasteiger partial charge in [0.15, 0.2) is 0 Å². The summed E-state index contributed by atoms with van der Waals surface area (Å²) < 4.78 is 2.18. The fourth-order valence-corrected chi connectivity index (χ4v) is 2.21. The van der Waals surface area contributed by atoms with E-state index in [2.05, 4.69) is 81.6 Å². The highest BCUT2D eigenvalue weighted by Gasteiger charge is 2.12. The Kier molecular flexibility index (Phi) is 3.85. The molecule has 0 spiro atoms. The number of benzene rings is 1. The second-order valence-corrected chi connectivity index (χ2v) is 6.44. The van der Waals surface area contributed by atoms with Crippen LogP contribution in [0, 0.1) is 13.8 Å². The van der Waals surface area contributed by atoms with Crippen molar-refractivity contribution in [1.82, 2.24) is 4.57 Å². The molecule has 2 rings (SSSR count). The van der Waals surface area contributed by atoms with Gasteiger partial charge in [-0.05, 0) is 43.0 Å². The molecule has 20 heavy (non-hydrogen) atoms. The highest BCUT2D eigenvalue weighted by atomic mass is 14.9. The van der Waals surface area contributed by atoms with Gasteiger partial charge in [-0.25, -0.2) is 0 Å². The van der Waals surface area contributed by atoms with Gasteiger partial charge in [-0.1, -0.05) is 32.9 Å². The number of hydrogen-bond donors (Lipinski definition) is 0. The lowest BCUT2D eigenvalue weighted by molar-refractivity contribution is 0.590. The molecule has 0 saturated carbocycles. The molecule has 0 bridgehead atoms. The summed E-state index contributed by atoms with van der Waals surface area (Å²) in [5.41, 5.74) is 6.21. The lowest BCUT2D eigenvalue weighted by atomic mass is 9.87. The summed E-state index contributed by atoms with van der Waals surface area (Å²) in [6, 6.07) is 10.7. The third kappa shape index (κ3) is 3.01. The zero-order valence-corrected chi connectivity index (χ0v) is 13.4. The minimum absolute atomic E-state index is 0.190. The number of nitrogens with zero attached hydrogens (tertiary/aromatic N) is 2. The van der Waals surface area contributed by atoms with E-state index in [0.29, 0.717) is 0 Å². The summed E-state index contributed by atoms with van der Waals surface area (Å²) in [5, 5.41) is 0. The van der Waals surface area contributed by atoms with Crippen LogP contribution in [0.15, 0.2) is 35.3 Å². The van der Waals surface area contributed by atoms with Crippen LogP contribution in [0.3, 0.4) is 0 Å². The predicted octanol–water partition coefficient (Wildman–Crippen LogP) is 4.69. The van der Waals surface area contributed by atoms with Gasteiger partial charge in [0.25, 0.3) is 0 Å². The summed E-state index contributed by atoms with van der Waals surface area (Å²) in [5.74, 6) is 0. The highest BCUT2D eigenvalue weighted by Crippen LogP contribution is 2.24. The van der Waals surface area contributed by atoms with Gasteiger partial charge in [-0.15, -0.1) is 0 Å². The van der Waals surface area contributed by atoms with Crippen LogP contribution in [0.5, 0.6) is 0 Å². The van der Waals surface area contributed by atoms with Crippen molar-refractivity contribution < 1.29 is 0 Å². The maximum atomic E-state index is 4.58. The fraction of sp³-hybridized carbons (Fsp3) is 0.389. The molecule has 0 aliphatic heterocycles. The SMILES string of the molecule is Cc1cc(C=Nc2ccc(C(C)(C)C)cc2)c(C)n1C. The Morgan fingerprint density at radius 1 is 1.05 bits per heavy atom. The van der Waals surface area contributed by atoms with Crippen molar-refractivity contribution in [2.45, 2.75) is 40.0 Å². The van der Waals surface area contributed by atoms with E-state index in [9.17, 15) is 0 Å². The molecule has 0 fully saturated rings. The Morgan fingerprint density at radius 2 is 1.65 bits per heavy atom. The molecule has 2 nitrogen and oxygen atoms in total. The molecule has 0 radical (unpaired) electrons.